The number of benzene rings is 16. The second-order valence-electron chi connectivity index (χ2n) is 28.2. The van der Waals surface area contributed by atoms with E-state index in [-0.39, 0.29) is 0 Å². The van der Waals surface area contributed by atoms with Gasteiger partial charge in [-0.15, -0.1) is 0 Å². The molecule has 528 valence electrons. The molecule has 1 aliphatic carbocycles. The molecule has 1 aliphatic rings. The molecule has 9 nitrogen and oxygen atoms in total. The highest BCUT2D eigenvalue weighted by Gasteiger charge is 2.26. The van der Waals surface area contributed by atoms with E-state index in [4.69, 9.17) is 28.8 Å². The van der Waals surface area contributed by atoms with Gasteiger partial charge in [-0.2, -0.15) is 10.5 Å². The van der Waals surface area contributed by atoms with Crippen LogP contribution in [0.4, 0.5) is 0 Å². The standard InChI is InChI=1S/C51H30N4O.C35H20BrN3O.C17H12/c52-31-38-26-37(24-25-44(38)55-45-23-13-12-22-39(45)42-27-35-20-10-11-21-36(35)28-46(42)55)51-53-48(34-18-8-3-9-19-34)50-49(54-51)43-29-40(32-14-4-1-5-15-32)41(30-47(43)56-50)33-16-6-2-7-17-33;36-30-17-16-25(18-26(30)21-37)35-38-32(24-14-8-3-9-15-24)34-33(39-35)29-19-27(22-10-4-1-5-11-22)28(20-31(29)40-34)23-12-6-2-7-13-23;1-2-6-13-11-17-15(9-12(13)5-1)10-14-7-3-4-8-16(14)17/h1-30H;1-20H;1-9,11H,10H2. The highest BCUT2D eigenvalue weighted by Crippen LogP contribution is 2.46. The Kier molecular flexibility index (Phi) is 17.0. The second-order valence-corrected chi connectivity index (χ2v) is 29.1. The minimum absolute atomic E-state index is 0.517. The fraction of sp³-hybridized carbons (Fsp3) is 0.00971. The van der Waals surface area contributed by atoms with Gasteiger partial charge in [0.1, 0.15) is 45.7 Å². The molecule has 22 rings (SSSR count). The van der Waals surface area contributed by atoms with Crippen molar-refractivity contribution in [1.82, 2.24) is 24.5 Å². The van der Waals surface area contributed by atoms with Crippen LogP contribution in [0.5, 0.6) is 0 Å². The molecule has 5 aromatic heterocycles. The molecule has 0 radical (unpaired) electrons. The number of hydrogen-bond donors (Lipinski definition) is 0. The molecule has 10 heteroatoms. The van der Waals surface area contributed by atoms with Crippen LogP contribution in [0.3, 0.4) is 0 Å². The fourth-order valence-electron chi connectivity index (χ4n) is 16.1. The lowest BCUT2D eigenvalue weighted by Crippen LogP contribution is -1.99. The monoisotopic (exact) mass is 1510 g/mol. The van der Waals surface area contributed by atoms with Gasteiger partial charge < -0.3 is 13.4 Å². The smallest absolute Gasteiger partial charge is 0.180 e. The minimum atomic E-state index is 0.517. The zero-order valence-corrected chi connectivity index (χ0v) is 62.3. The van der Waals surface area contributed by atoms with Gasteiger partial charge in [0, 0.05) is 48.3 Å². The van der Waals surface area contributed by atoms with E-state index in [0.717, 1.165) is 144 Å². The van der Waals surface area contributed by atoms with E-state index in [2.05, 4.69) is 257 Å². The molecule has 0 bridgehead atoms. The Morgan fingerprint density at radius 3 is 1.22 bits per heavy atom. The lowest BCUT2D eigenvalue weighted by molar-refractivity contribution is 0.667. The first-order valence-corrected chi connectivity index (χ1v) is 38.3. The van der Waals surface area contributed by atoms with E-state index < -0.39 is 0 Å². The molecule has 5 heterocycles. The molecule has 0 amide bonds. The molecular formula is C103H62BrN7O2. The van der Waals surface area contributed by atoms with E-state index in [1.54, 1.807) is 0 Å². The SMILES string of the molecule is N#Cc1cc(-c2nc(-c3ccccc3)c3oc4cc(-c5ccccc5)c(-c5ccccc5)cc4c3n2)ccc1-n1c2ccccc2c2cc3ccccc3cc21.N#Cc1cc(-c2nc(-c3ccccc3)c3oc4cc(-c5ccccc5)c(-c5ccccc5)cc4c3n2)ccc1Br.c1ccc2c(c1)Cc1cc3ccccc3cc1-2. The predicted molar refractivity (Wildman–Crippen MR) is 463 cm³/mol. The zero-order valence-electron chi connectivity index (χ0n) is 60.7. The average molecular weight is 1510 g/mol. The Morgan fingerprint density at radius 2 is 0.708 bits per heavy atom. The van der Waals surface area contributed by atoms with Gasteiger partial charge in [-0.3, -0.25) is 0 Å². The Bertz CT molecular complexity index is 7410. The lowest BCUT2D eigenvalue weighted by Gasteiger charge is -2.12. The first kappa shape index (κ1) is 67.4. The molecule has 0 saturated carbocycles. The van der Waals surface area contributed by atoms with Gasteiger partial charge >= 0.3 is 0 Å². The maximum absolute atomic E-state index is 10.8. The first-order chi connectivity index (χ1) is 55.8. The van der Waals surface area contributed by atoms with Crippen molar-refractivity contribution < 1.29 is 8.83 Å². The molecule has 0 atom stereocenters. The molecule has 0 N–H and O–H groups in total. The summed E-state index contributed by atoms with van der Waals surface area (Å²) in [5.74, 6) is 1.05. The molecule has 113 heavy (non-hydrogen) atoms. The molecule has 0 aliphatic heterocycles. The van der Waals surface area contributed by atoms with Gasteiger partial charge in [-0.1, -0.05) is 279 Å². The number of aromatic nitrogens is 5. The molecule has 0 saturated heterocycles. The van der Waals surface area contributed by atoms with Crippen LogP contribution in [0.1, 0.15) is 22.3 Å². The summed E-state index contributed by atoms with van der Waals surface area (Å²) in [6.45, 7) is 0. The van der Waals surface area contributed by atoms with Crippen molar-refractivity contribution in [3.63, 3.8) is 0 Å². The summed E-state index contributed by atoms with van der Waals surface area (Å²) < 4.78 is 16.2. The Morgan fingerprint density at radius 1 is 0.292 bits per heavy atom. The lowest BCUT2D eigenvalue weighted by atomic mass is 9.93. The second kappa shape index (κ2) is 28.6. The minimum Gasteiger partial charge on any atom is -0.452 e. The van der Waals surface area contributed by atoms with Gasteiger partial charge in [-0.05, 0) is 196 Å². The van der Waals surface area contributed by atoms with E-state index >= 15 is 0 Å². The van der Waals surface area contributed by atoms with Crippen LogP contribution in [-0.2, 0) is 6.42 Å². The first-order valence-electron chi connectivity index (χ1n) is 37.5. The van der Waals surface area contributed by atoms with Crippen LogP contribution in [0, 0.1) is 22.7 Å². The van der Waals surface area contributed by atoms with Crippen molar-refractivity contribution in [2.45, 2.75) is 6.42 Å². The van der Waals surface area contributed by atoms with Crippen molar-refractivity contribution in [1.29, 1.82) is 10.5 Å². The third-order valence-electron chi connectivity index (χ3n) is 21.5. The largest absolute Gasteiger partial charge is 0.452 e. The number of nitrogens with zero attached hydrogens (tertiary/aromatic N) is 7. The highest BCUT2D eigenvalue weighted by atomic mass is 79.9. The van der Waals surface area contributed by atoms with Crippen molar-refractivity contribution in [2.75, 3.05) is 0 Å². The number of halogens is 1. The van der Waals surface area contributed by atoms with Gasteiger partial charge in [0.15, 0.2) is 22.8 Å². The average Bonchev–Trinajstić information content (AvgIpc) is 1.58. The maximum Gasteiger partial charge on any atom is 0.180 e. The van der Waals surface area contributed by atoms with Crippen LogP contribution in [0.2, 0.25) is 0 Å². The summed E-state index contributed by atoms with van der Waals surface area (Å²) in [5, 5.41) is 29.5. The van der Waals surface area contributed by atoms with Crippen LogP contribution < -0.4 is 0 Å². The quantitative estimate of drug-likeness (QED) is 0.140. The molecule has 0 fully saturated rings. The third kappa shape index (κ3) is 12.3. The summed E-state index contributed by atoms with van der Waals surface area (Å²) in [5.41, 5.74) is 27.4. The Hall–Kier alpha value is -14.9. The molecule has 0 unspecified atom stereocenters. The molecule has 0 spiro atoms. The van der Waals surface area contributed by atoms with Crippen molar-refractivity contribution in [3.05, 3.63) is 391 Å². The summed E-state index contributed by atoms with van der Waals surface area (Å²) in [4.78, 5) is 20.4. The van der Waals surface area contributed by atoms with E-state index in [0.29, 0.717) is 45.3 Å². The maximum atomic E-state index is 10.8. The van der Waals surface area contributed by atoms with Crippen LogP contribution in [-0.4, -0.2) is 24.5 Å². The number of nitriles is 2. The van der Waals surface area contributed by atoms with E-state index in [9.17, 15) is 10.5 Å². The van der Waals surface area contributed by atoms with Crippen LogP contribution in [0.15, 0.2) is 377 Å². The van der Waals surface area contributed by atoms with Gasteiger partial charge in [0.25, 0.3) is 0 Å². The topological polar surface area (TPSA) is 130 Å². The number of rotatable bonds is 9. The third-order valence-corrected chi connectivity index (χ3v) is 22.2. The van der Waals surface area contributed by atoms with Crippen molar-refractivity contribution in [3.8, 4) is 119 Å². The summed E-state index contributed by atoms with van der Waals surface area (Å²) >= 11 is 3.46. The number of hydrogen-bond acceptors (Lipinski definition) is 8. The van der Waals surface area contributed by atoms with Gasteiger partial charge in [0.05, 0.1) is 27.8 Å². The summed E-state index contributed by atoms with van der Waals surface area (Å²) in [6.07, 6.45) is 1.08. The molecule has 21 aromatic rings. The zero-order chi connectivity index (χ0) is 75.5. The molecular weight excluding hydrogens is 1450 g/mol. The van der Waals surface area contributed by atoms with Crippen molar-refractivity contribution >= 4 is 103 Å². The van der Waals surface area contributed by atoms with Crippen LogP contribution >= 0.6 is 15.9 Å². The van der Waals surface area contributed by atoms with E-state index in [1.807, 2.05) is 140 Å². The Balaban J connectivity index is 0.000000125. The normalized spacial score (nSPS) is 11.5. The Labute approximate surface area is 658 Å². The molecule has 16 aromatic carbocycles. The van der Waals surface area contributed by atoms with Gasteiger partial charge in [0.2, 0.25) is 0 Å². The number of para-hydroxylation sites is 1. The van der Waals surface area contributed by atoms with Crippen LogP contribution in [0.25, 0.3) is 194 Å². The van der Waals surface area contributed by atoms with E-state index in [1.165, 1.54) is 38.4 Å². The fourth-order valence-corrected chi connectivity index (χ4v) is 16.4. The van der Waals surface area contributed by atoms with Gasteiger partial charge in [-0.25, -0.2) is 19.9 Å². The number of fused-ring (bicyclic) bond motifs is 14. The summed E-state index contributed by atoms with van der Waals surface area (Å²) in [6, 6.07) is 130. The predicted octanol–water partition coefficient (Wildman–Crippen LogP) is 27.3. The highest BCUT2D eigenvalue weighted by molar-refractivity contribution is 9.10. The number of furan rings is 2. The van der Waals surface area contributed by atoms with Crippen molar-refractivity contribution in [2.24, 2.45) is 0 Å². The summed E-state index contributed by atoms with van der Waals surface area (Å²) in [7, 11) is 0.